The molecule has 2 heterocycles. The van der Waals surface area contributed by atoms with Gasteiger partial charge in [-0.15, -0.1) is 11.3 Å². The van der Waals surface area contributed by atoms with Crippen molar-refractivity contribution in [1.29, 1.82) is 0 Å². The van der Waals surface area contributed by atoms with Gasteiger partial charge in [0.15, 0.2) is 5.82 Å². The lowest BCUT2D eigenvalue weighted by molar-refractivity contribution is 1.03. The Morgan fingerprint density at radius 2 is 2.12 bits per heavy atom. The maximum atomic E-state index is 5.30. The largest absolute Gasteiger partial charge is 0.363 e. The van der Waals surface area contributed by atoms with Crippen LogP contribution >= 0.6 is 27.3 Å². The predicted molar refractivity (Wildman–Crippen MR) is 67.0 cm³/mol. The second-order valence-corrected chi connectivity index (χ2v) is 4.37. The predicted octanol–water partition coefficient (Wildman–Crippen LogP) is 1.59. The molecule has 0 radical (unpaired) electrons. The number of nitrogens with one attached hydrogen (secondary N) is 2. The molecule has 0 unspecified atom stereocenters. The number of nitrogens with zero attached hydrogens (tertiary/aromatic N) is 3. The summed E-state index contributed by atoms with van der Waals surface area (Å²) in [4.78, 5) is 12.2. The number of hydrogen-bond donors (Lipinski definition) is 3. The summed E-state index contributed by atoms with van der Waals surface area (Å²) in [5.74, 6) is 6.52. The van der Waals surface area contributed by atoms with Crippen LogP contribution in [0.25, 0.3) is 0 Å². The van der Waals surface area contributed by atoms with E-state index in [1.165, 1.54) is 6.33 Å². The molecule has 0 atom stereocenters. The summed E-state index contributed by atoms with van der Waals surface area (Å²) in [6.07, 6.45) is 1.43. The number of aromatic nitrogens is 3. The summed E-state index contributed by atoms with van der Waals surface area (Å²) in [6, 6.07) is 0. The highest BCUT2D eigenvalue weighted by Gasteiger charge is 2.07. The van der Waals surface area contributed by atoms with E-state index in [0.717, 1.165) is 5.69 Å². The van der Waals surface area contributed by atoms with E-state index in [4.69, 9.17) is 5.84 Å². The Morgan fingerprint density at radius 3 is 2.81 bits per heavy atom. The van der Waals surface area contributed by atoms with Crippen LogP contribution < -0.4 is 16.6 Å². The molecule has 0 amide bonds. The molecule has 0 aliphatic rings. The Hall–Kier alpha value is -1.25. The number of hydrazine groups is 1. The zero-order chi connectivity index (χ0) is 11.4. The lowest BCUT2D eigenvalue weighted by Crippen LogP contribution is -2.11. The Bertz CT molecular complexity index is 460. The Morgan fingerprint density at radius 1 is 1.31 bits per heavy atom. The van der Waals surface area contributed by atoms with Crippen molar-refractivity contribution >= 4 is 38.9 Å². The summed E-state index contributed by atoms with van der Waals surface area (Å²) >= 11 is 4.92. The lowest BCUT2D eigenvalue weighted by atomic mass is 10.4. The second kappa shape index (κ2) is 5.19. The first-order chi connectivity index (χ1) is 7.81. The topological polar surface area (TPSA) is 88.8 Å². The van der Waals surface area contributed by atoms with E-state index in [1.54, 1.807) is 16.8 Å². The highest BCUT2D eigenvalue weighted by Crippen LogP contribution is 2.25. The number of nitrogens with two attached hydrogens (primary N) is 1. The number of hydrogen-bond acceptors (Lipinski definition) is 7. The summed E-state index contributed by atoms with van der Waals surface area (Å²) < 4.78 is 0.702. The van der Waals surface area contributed by atoms with Crippen molar-refractivity contribution in [2.75, 3.05) is 10.7 Å². The summed E-state index contributed by atoms with van der Waals surface area (Å²) in [6.45, 7) is 0.614. The minimum atomic E-state index is 0.538. The van der Waals surface area contributed by atoms with Crippen LogP contribution in [0.1, 0.15) is 5.69 Å². The quantitative estimate of drug-likeness (QED) is 0.587. The van der Waals surface area contributed by atoms with Gasteiger partial charge in [0.1, 0.15) is 16.6 Å². The number of rotatable bonds is 4. The maximum Gasteiger partial charge on any atom is 0.159 e. The van der Waals surface area contributed by atoms with E-state index in [-0.39, 0.29) is 0 Å². The zero-order valence-corrected chi connectivity index (χ0v) is 10.5. The summed E-state index contributed by atoms with van der Waals surface area (Å²) in [5.41, 5.74) is 5.24. The average Bonchev–Trinajstić information content (AvgIpc) is 2.81. The summed E-state index contributed by atoms with van der Waals surface area (Å²) in [5, 5.41) is 5.12. The van der Waals surface area contributed by atoms with Gasteiger partial charge in [-0.3, -0.25) is 0 Å². The van der Waals surface area contributed by atoms with Crippen molar-refractivity contribution in [2.24, 2.45) is 5.84 Å². The van der Waals surface area contributed by atoms with Crippen molar-refractivity contribution in [2.45, 2.75) is 6.54 Å². The van der Waals surface area contributed by atoms with Gasteiger partial charge in [0, 0.05) is 5.38 Å². The first-order valence-corrected chi connectivity index (χ1v) is 6.13. The number of nitrogen functional groups attached to an aromatic ring is 1. The lowest BCUT2D eigenvalue weighted by Gasteiger charge is -2.08. The number of anilines is 2. The van der Waals surface area contributed by atoms with Gasteiger partial charge in [0.25, 0.3) is 0 Å². The third-order valence-corrected chi connectivity index (χ3v) is 3.23. The van der Waals surface area contributed by atoms with E-state index in [9.17, 15) is 0 Å². The fourth-order valence-electron chi connectivity index (χ4n) is 1.09. The molecule has 2 aromatic heterocycles. The van der Waals surface area contributed by atoms with E-state index in [1.807, 2.05) is 5.38 Å². The molecule has 0 fully saturated rings. The second-order valence-electron chi connectivity index (χ2n) is 2.86. The van der Waals surface area contributed by atoms with E-state index < -0.39 is 0 Å². The van der Waals surface area contributed by atoms with E-state index >= 15 is 0 Å². The third kappa shape index (κ3) is 2.46. The fraction of sp³-hybridized carbons (Fsp3) is 0.125. The van der Waals surface area contributed by atoms with Gasteiger partial charge in [-0.05, 0) is 15.9 Å². The van der Waals surface area contributed by atoms with Gasteiger partial charge in [0.05, 0.1) is 17.7 Å². The van der Waals surface area contributed by atoms with Crippen LogP contribution in [0.4, 0.5) is 11.6 Å². The molecule has 0 spiro atoms. The standard InChI is InChI=1S/C8H9BrN6S/c9-6-7(12-3-13-8(6)15-10)11-1-5-2-16-4-14-5/h2-4H,1,10H2,(H2,11,12,13,15). The molecular weight excluding hydrogens is 292 g/mol. The molecule has 0 saturated heterocycles. The molecule has 0 bridgehead atoms. The van der Waals surface area contributed by atoms with Gasteiger partial charge < -0.3 is 10.7 Å². The highest BCUT2D eigenvalue weighted by molar-refractivity contribution is 9.10. The van der Waals surface area contributed by atoms with Crippen molar-refractivity contribution < 1.29 is 0 Å². The molecule has 0 aliphatic heterocycles. The minimum absolute atomic E-state index is 0.538. The van der Waals surface area contributed by atoms with Crippen molar-refractivity contribution in [3.63, 3.8) is 0 Å². The van der Waals surface area contributed by atoms with Crippen LogP contribution in [0.15, 0.2) is 21.7 Å². The van der Waals surface area contributed by atoms with Crippen LogP contribution in [-0.2, 0) is 6.54 Å². The van der Waals surface area contributed by atoms with Crippen molar-refractivity contribution in [1.82, 2.24) is 15.0 Å². The monoisotopic (exact) mass is 300 g/mol. The Labute approximate surface area is 104 Å². The normalized spacial score (nSPS) is 10.1. The average molecular weight is 301 g/mol. The van der Waals surface area contributed by atoms with Crippen LogP contribution in [0, 0.1) is 0 Å². The number of thiazole rings is 1. The van der Waals surface area contributed by atoms with Crippen LogP contribution in [0.5, 0.6) is 0 Å². The van der Waals surface area contributed by atoms with Crippen LogP contribution in [0.2, 0.25) is 0 Å². The SMILES string of the molecule is NNc1ncnc(NCc2cscn2)c1Br. The van der Waals surface area contributed by atoms with E-state index in [0.29, 0.717) is 22.7 Å². The van der Waals surface area contributed by atoms with Gasteiger partial charge in [-0.2, -0.15) is 0 Å². The maximum absolute atomic E-state index is 5.30. The first kappa shape index (κ1) is 11.2. The fourth-order valence-corrected chi connectivity index (χ4v) is 2.11. The van der Waals surface area contributed by atoms with Crippen LogP contribution in [0.3, 0.4) is 0 Å². The van der Waals surface area contributed by atoms with Crippen molar-refractivity contribution in [3.8, 4) is 0 Å². The molecule has 4 N–H and O–H groups in total. The molecule has 2 rings (SSSR count). The zero-order valence-electron chi connectivity index (χ0n) is 8.14. The van der Waals surface area contributed by atoms with Gasteiger partial charge in [-0.1, -0.05) is 0 Å². The third-order valence-electron chi connectivity index (χ3n) is 1.85. The van der Waals surface area contributed by atoms with Gasteiger partial charge in [-0.25, -0.2) is 20.8 Å². The molecular formula is C8H9BrN6S. The van der Waals surface area contributed by atoms with Crippen LogP contribution in [-0.4, -0.2) is 15.0 Å². The molecule has 0 aromatic carbocycles. The Kier molecular flexibility index (Phi) is 3.65. The molecule has 16 heavy (non-hydrogen) atoms. The Balaban J connectivity index is 2.09. The first-order valence-electron chi connectivity index (χ1n) is 4.39. The molecule has 2 aromatic rings. The molecule has 6 nitrogen and oxygen atoms in total. The summed E-state index contributed by atoms with van der Waals surface area (Å²) in [7, 11) is 0. The van der Waals surface area contributed by atoms with Gasteiger partial charge >= 0.3 is 0 Å². The smallest absolute Gasteiger partial charge is 0.159 e. The molecule has 8 heteroatoms. The molecule has 84 valence electrons. The van der Waals surface area contributed by atoms with E-state index in [2.05, 4.69) is 41.6 Å². The minimum Gasteiger partial charge on any atom is -0.363 e. The number of halogens is 1. The van der Waals surface area contributed by atoms with Crippen molar-refractivity contribution in [3.05, 3.63) is 27.4 Å². The highest BCUT2D eigenvalue weighted by atomic mass is 79.9. The molecule has 0 saturated carbocycles. The van der Waals surface area contributed by atoms with Gasteiger partial charge in [0.2, 0.25) is 0 Å². The molecule has 0 aliphatic carbocycles.